The van der Waals surface area contributed by atoms with Gasteiger partial charge in [0.15, 0.2) is 0 Å². The van der Waals surface area contributed by atoms with Crippen molar-refractivity contribution in [3.8, 4) is 0 Å². The van der Waals surface area contributed by atoms with Crippen molar-refractivity contribution in [1.29, 1.82) is 0 Å². The molecule has 2 N–H and O–H groups in total. The summed E-state index contributed by atoms with van der Waals surface area (Å²) < 4.78 is 0. The Morgan fingerprint density at radius 2 is 2.00 bits per heavy atom. The standard InChI is InChI=1S/C18H29N3O/c1-14(13-21-10-7-19-8-11-21)18(22)16-6-5-15-4-3-9-20(2)17(15)12-16/h5-6,12,14,18-19,22H,3-4,7-11,13H2,1-2H3. The molecule has 2 heterocycles. The fourth-order valence-electron chi connectivity index (χ4n) is 3.69. The first-order valence-corrected chi connectivity index (χ1v) is 8.60. The third-order valence-corrected chi connectivity index (χ3v) is 5.10. The van der Waals surface area contributed by atoms with E-state index in [1.54, 1.807) is 0 Å². The van der Waals surface area contributed by atoms with Crippen molar-refractivity contribution in [2.24, 2.45) is 5.92 Å². The van der Waals surface area contributed by atoms with Gasteiger partial charge in [0.2, 0.25) is 0 Å². The van der Waals surface area contributed by atoms with E-state index in [-0.39, 0.29) is 12.0 Å². The first-order chi connectivity index (χ1) is 10.6. The number of aliphatic hydroxyl groups excluding tert-OH is 1. The van der Waals surface area contributed by atoms with Gasteiger partial charge in [0.25, 0.3) is 0 Å². The van der Waals surface area contributed by atoms with Crippen LogP contribution in [0.25, 0.3) is 0 Å². The summed E-state index contributed by atoms with van der Waals surface area (Å²) >= 11 is 0. The minimum absolute atomic E-state index is 0.255. The summed E-state index contributed by atoms with van der Waals surface area (Å²) in [4.78, 5) is 4.77. The van der Waals surface area contributed by atoms with E-state index in [9.17, 15) is 5.11 Å². The van der Waals surface area contributed by atoms with E-state index in [1.807, 2.05) is 0 Å². The first kappa shape index (κ1) is 15.8. The number of nitrogens with one attached hydrogen (secondary N) is 1. The van der Waals surface area contributed by atoms with Crippen molar-refractivity contribution in [2.75, 3.05) is 51.2 Å². The molecule has 1 saturated heterocycles. The van der Waals surface area contributed by atoms with Crippen LogP contribution < -0.4 is 10.2 Å². The largest absolute Gasteiger partial charge is 0.388 e. The monoisotopic (exact) mass is 303 g/mol. The summed E-state index contributed by atoms with van der Waals surface area (Å²) in [6.07, 6.45) is 2.01. The zero-order chi connectivity index (χ0) is 15.5. The zero-order valence-electron chi connectivity index (χ0n) is 13.9. The third-order valence-electron chi connectivity index (χ3n) is 5.10. The molecule has 1 aromatic carbocycles. The Morgan fingerprint density at radius 3 is 2.77 bits per heavy atom. The molecule has 22 heavy (non-hydrogen) atoms. The number of aryl methyl sites for hydroxylation is 1. The number of anilines is 1. The molecule has 2 atom stereocenters. The Kier molecular flexibility index (Phi) is 5.01. The van der Waals surface area contributed by atoms with E-state index in [0.717, 1.165) is 51.3 Å². The molecule has 0 aromatic heterocycles. The number of aliphatic hydroxyl groups is 1. The van der Waals surface area contributed by atoms with Crippen LogP contribution in [0.5, 0.6) is 0 Å². The molecule has 1 fully saturated rings. The van der Waals surface area contributed by atoms with Crippen LogP contribution in [0.15, 0.2) is 18.2 Å². The molecule has 2 aliphatic heterocycles. The SMILES string of the molecule is CC(CN1CCNCC1)C(O)c1ccc2c(c1)N(C)CCC2. The zero-order valence-corrected chi connectivity index (χ0v) is 13.9. The summed E-state index contributed by atoms with van der Waals surface area (Å²) in [6.45, 7) is 8.54. The van der Waals surface area contributed by atoms with Crippen LogP contribution >= 0.6 is 0 Å². The normalized spacial score (nSPS) is 22.2. The second-order valence-corrected chi connectivity index (χ2v) is 6.89. The molecule has 1 aromatic rings. The lowest BCUT2D eigenvalue weighted by Gasteiger charge is -2.32. The Hall–Kier alpha value is -1.10. The smallest absolute Gasteiger partial charge is 0.0828 e. The van der Waals surface area contributed by atoms with Gasteiger partial charge in [0.1, 0.15) is 0 Å². The molecular weight excluding hydrogens is 274 g/mol. The summed E-state index contributed by atoms with van der Waals surface area (Å²) in [7, 11) is 2.15. The van der Waals surface area contributed by atoms with Gasteiger partial charge in [-0.05, 0) is 36.0 Å². The Balaban J connectivity index is 1.68. The van der Waals surface area contributed by atoms with Crippen LogP contribution in [0.2, 0.25) is 0 Å². The van der Waals surface area contributed by atoms with Crippen molar-refractivity contribution in [3.05, 3.63) is 29.3 Å². The lowest BCUT2D eigenvalue weighted by atomic mass is 9.93. The van der Waals surface area contributed by atoms with Gasteiger partial charge in [-0.1, -0.05) is 19.1 Å². The highest BCUT2D eigenvalue weighted by molar-refractivity contribution is 5.57. The summed E-state index contributed by atoms with van der Waals surface area (Å²) in [5.41, 5.74) is 3.78. The second-order valence-electron chi connectivity index (χ2n) is 6.89. The number of fused-ring (bicyclic) bond motifs is 1. The molecule has 0 saturated carbocycles. The minimum Gasteiger partial charge on any atom is -0.388 e. The van der Waals surface area contributed by atoms with Crippen LogP contribution in [0.3, 0.4) is 0 Å². The van der Waals surface area contributed by atoms with Crippen molar-refractivity contribution in [2.45, 2.75) is 25.9 Å². The van der Waals surface area contributed by atoms with Gasteiger partial charge >= 0.3 is 0 Å². The lowest BCUT2D eigenvalue weighted by molar-refractivity contribution is 0.0842. The predicted molar refractivity (Wildman–Crippen MR) is 91.5 cm³/mol. The molecule has 122 valence electrons. The average molecular weight is 303 g/mol. The van der Waals surface area contributed by atoms with E-state index in [0.29, 0.717) is 0 Å². The summed E-state index contributed by atoms with van der Waals surface area (Å²) in [6, 6.07) is 6.53. The van der Waals surface area contributed by atoms with Crippen molar-refractivity contribution >= 4 is 5.69 Å². The highest BCUT2D eigenvalue weighted by atomic mass is 16.3. The van der Waals surface area contributed by atoms with E-state index >= 15 is 0 Å². The van der Waals surface area contributed by atoms with E-state index in [2.05, 4.69) is 47.3 Å². The van der Waals surface area contributed by atoms with Gasteiger partial charge in [-0.3, -0.25) is 0 Å². The number of hydrogen-bond donors (Lipinski definition) is 2. The molecule has 0 radical (unpaired) electrons. The summed E-state index contributed by atoms with van der Waals surface area (Å²) in [5.74, 6) is 0.255. The topological polar surface area (TPSA) is 38.7 Å². The van der Waals surface area contributed by atoms with Crippen LogP contribution in [-0.2, 0) is 6.42 Å². The molecular formula is C18H29N3O. The van der Waals surface area contributed by atoms with E-state index in [1.165, 1.54) is 17.7 Å². The molecule has 2 unspecified atom stereocenters. The van der Waals surface area contributed by atoms with Crippen LogP contribution in [0.4, 0.5) is 5.69 Å². The lowest BCUT2D eigenvalue weighted by Crippen LogP contribution is -2.45. The van der Waals surface area contributed by atoms with Crippen molar-refractivity contribution in [3.63, 3.8) is 0 Å². The number of benzene rings is 1. The maximum atomic E-state index is 10.7. The van der Waals surface area contributed by atoms with Crippen LogP contribution in [-0.4, -0.2) is 56.3 Å². The van der Waals surface area contributed by atoms with Gasteiger partial charge in [-0.2, -0.15) is 0 Å². The molecule has 4 heteroatoms. The van der Waals surface area contributed by atoms with Gasteiger partial charge in [0.05, 0.1) is 6.10 Å². The molecule has 4 nitrogen and oxygen atoms in total. The van der Waals surface area contributed by atoms with E-state index < -0.39 is 0 Å². The Labute approximate surface area is 134 Å². The fraction of sp³-hybridized carbons (Fsp3) is 0.667. The first-order valence-electron chi connectivity index (χ1n) is 8.60. The highest BCUT2D eigenvalue weighted by Gasteiger charge is 2.22. The maximum Gasteiger partial charge on any atom is 0.0828 e. The molecule has 0 spiro atoms. The van der Waals surface area contributed by atoms with Gasteiger partial charge in [-0.15, -0.1) is 0 Å². The number of rotatable bonds is 4. The second kappa shape index (κ2) is 6.99. The molecule has 0 bridgehead atoms. The summed E-state index contributed by atoms with van der Waals surface area (Å²) in [5, 5.41) is 14.1. The number of nitrogens with zero attached hydrogens (tertiary/aromatic N) is 2. The molecule has 3 rings (SSSR count). The Bertz CT molecular complexity index is 499. The Morgan fingerprint density at radius 1 is 1.23 bits per heavy atom. The minimum atomic E-state index is -0.379. The maximum absolute atomic E-state index is 10.7. The molecule has 2 aliphatic rings. The number of piperazine rings is 1. The van der Waals surface area contributed by atoms with Crippen molar-refractivity contribution in [1.82, 2.24) is 10.2 Å². The van der Waals surface area contributed by atoms with E-state index in [4.69, 9.17) is 0 Å². The number of hydrogen-bond acceptors (Lipinski definition) is 4. The van der Waals surface area contributed by atoms with Crippen LogP contribution in [0, 0.1) is 5.92 Å². The molecule has 0 aliphatic carbocycles. The quantitative estimate of drug-likeness (QED) is 0.887. The average Bonchev–Trinajstić information content (AvgIpc) is 2.55. The molecule has 0 amide bonds. The van der Waals surface area contributed by atoms with Gasteiger partial charge in [-0.25, -0.2) is 0 Å². The highest BCUT2D eigenvalue weighted by Crippen LogP contribution is 2.31. The van der Waals surface area contributed by atoms with Gasteiger partial charge < -0.3 is 20.2 Å². The van der Waals surface area contributed by atoms with Crippen molar-refractivity contribution < 1.29 is 5.11 Å². The predicted octanol–water partition coefficient (Wildman–Crippen LogP) is 1.64. The van der Waals surface area contributed by atoms with Gasteiger partial charge in [0, 0.05) is 52.0 Å². The fourth-order valence-corrected chi connectivity index (χ4v) is 3.69. The van der Waals surface area contributed by atoms with Crippen LogP contribution in [0.1, 0.15) is 30.6 Å². The third kappa shape index (κ3) is 3.45.